The van der Waals surface area contributed by atoms with Gasteiger partial charge in [-0.1, -0.05) is 160 Å². The smallest absolute Gasteiger partial charge is 0.159 e. The fraction of sp³-hybridized carbons (Fsp3) is 0.161. The molecular weight excluding hydrogens is 805 g/mol. The SMILES string of the molecule is CCCCc1cccc2c1oc1c(N(c3ccccc3C)c3ccc4ccc5c(N(c6ccccc6C)c6cccc7c6oc6c(CCCC)cccc67)ccc6ccc3c4c65)cccc12. The molecule has 4 nitrogen and oxygen atoms in total. The molecule has 2 heterocycles. The molecule has 12 aromatic rings. The van der Waals surface area contributed by atoms with Crippen LogP contribution in [0.2, 0.25) is 0 Å². The first-order valence-corrected chi connectivity index (χ1v) is 23.8. The number of fused-ring (bicyclic) bond motifs is 6. The number of furan rings is 2. The number of benzene rings is 10. The summed E-state index contributed by atoms with van der Waals surface area (Å²) in [6, 6.07) is 62.5. The molecule has 0 bridgehead atoms. The fourth-order valence-electron chi connectivity index (χ4n) is 10.8. The monoisotopic (exact) mass is 856 g/mol. The third-order valence-electron chi connectivity index (χ3n) is 14.1. The highest BCUT2D eigenvalue weighted by atomic mass is 16.3. The van der Waals surface area contributed by atoms with Gasteiger partial charge in [0.05, 0.1) is 22.7 Å². The van der Waals surface area contributed by atoms with E-state index < -0.39 is 0 Å². The minimum absolute atomic E-state index is 0.902. The van der Waals surface area contributed by atoms with Crippen molar-refractivity contribution in [1.82, 2.24) is 0 Å². The molecule has 0 amide bonds. The van der Waals surface area contributed by atoms with E-state index in [1.807, 2.05) is 0 Å². The normalized spacial score (nSPS) is 12.0. The molecule has 0 unspecified atom stereocenters. The zero-order valence-electron chi connectivity index (χ0n) is 38.1. The second kappa shape index (κ2) is 16.2. The average Bonchev–Trinajstić information content (AvgIpc) is 3.94. The Morgan fingerprint density at radius 2 is 0.712 bits per heavy atom. The van der Waals surface area contributed by atoms with Crippen LogP contribution in [0.15, 0.2) is 179 Å². The van der Waals surface area contributed by atoms with Gasteiger partial charge < -0.3 is 18.6 Å². The van der Waals surface area contributed by atoms with Gasteiger partial charge in [-0.05, 0) is 120 Å². The number of unbranched alkanes of at least 4 members (excludes halogenated alkanes) is 2. The molecular formula is C62H52N2O2. The summed E-state index contributed by atoms with van der Waals surface area (Å²) in [5.74, 6) is 0. The molecule has 0 aliphatic rings. The van der Waals surface area contributed by atoms with Crippen molar-refractivity contribution in [3.8, 4) is 0 Å². The largest absolute Gasteiger partial charge is 0.454 e. The van der Waals surface area contributed by atoms with E-state index >= 15 is 0 Å². The van der Waals surface area contributed by atoms with Crippen LogP contribution in [0.4, 0.5) is 34.1 Å². The van der Waals surface area contributed by atoms with Gasteiger partial charge in [0.1, 0.15) is 11.2 Å². The summed E-state index contributed by atoms with van der Waals surface area (Å²) < 4.78 is 14.1. The molecule has 0 radical (unpaired) electrons. The Bertz CT molecular complexity index is 3550. The van der Waals surface area contributed by atoms with Gasteiger partial charge in [0.15, 0.2) is 11.2 Å². The molecule has 322 valence electrons. The Morgan fingerprint density at radius 3 is 1.14 bits per heavy atom. The number of anilines is 6. The maximum Gasteiger partial charge on any atom is 0.159 e. The second-order valence-electron chi connectivity index (χ2n) is 18.1. The third-order valence-corrected chi connectivity index (χ3v) is 14.1. The van der Waals surface area contributed by atoms with Gasteiger partial charge in [-0.3, -0.25) is 0 Å². The number of nitrogens with zero attached hydrogens (tertiary/aromatic N) is 2. The molecule has 0 aliphatic heterocycles. The van der Waals surface area contributed by atoms with Crippen molar-refractivity contribution in [2.45, 2.75) is 66.2 Å². The number of para-hydroxylation sites is 6. The summed E-state index contributed by atoms with van der Waals surface area (Å²) in [6.45, 7) is 8.92. The molecule has 2 aromatic heterocycles. The number of hydrogen-bond acceptors (Lipinski definition) is 4. The van der Waals surface area contributed by atoms with Crippen LogP contribution in [0.5, 0.6) is 0 Å². The lowest BCUT2D eigenvalue weighted by molar-refractivity contribution is 0.658. The van der Waals surface area contributed by atoms with Crippen LogP contribution in [-0.4, -0.2) is 0 Å². The minimum Gasteiger partial charge on any atom is -0.454 e. The van der Waals surface area contributed by atoms with Gasteiger partial charge in [-0.2, -0.15) is 0 Å². The number of rotatable bonds is 12. The van der Waals surface area contributed by atoms with Crippen molar-refractivity contribution in [3.05, 3.63) is 192 Å². The van der Waals surface area contributed by atoms with E-state index in [2.05, 4.69) is 207 Å². The van der Waals surface area contributed by atoms with E-state index in [0.717, 1.165) is 106 Å². The maximum absolute atomic E-state index is 7.06. The van der Waals surface area contributed by atoms with Crippen molar-refractivity contribution < 1.29 is 8.83 Å². The Balaban J connectivity index is 1.11. The van der Waals surface area contributed by atoms with Crippen LogP contribution in [0.3, 0.4) is 0 Å². The second-order valence-corrected chi connectivity index (χ2v) is 18.1. The molecule has 0 aliphatic carbocycles. The number of aryl methyl sites for hydroxylation is 4. The predicted molar refractivity (Wildman–Crippen MR) is 281 cm³/mol. The molecule has 4 heteroatoms. The summed E-state index contributed by atoms with van der Waals surface area (Å²) in [4.78, 5) is 4.88. The molecule has 66 heavy (non-hydrogen) atoms. The molecule has 0 spiro atoms. The summed E-state index contributed by atoms with van der Waals surface area (Å²) >= 11 is 0. The Hall–Kier alpha value is -7.56. The molecule has 0 atom stereocenters. The molecule has 0 saturated carbocycles. The molecule has 0 N–H and O–H groups in total. The predicted octanol–water partition coefficient (Wildman–Crippen LogP) is 18.6. The summed E-state index contributed by atoms with van der Waals surface area (Å²) in [5, 5.41) is 11.9. The third kappa shape index (κ3) is 6.26. The molecule has 0 fully saturated rings. The topological polar surface area (TPSA) is 32.8 Å². The van der Waals surface area contributed by atoms with E-state index in [1.54, 1.807) is 0 Å². The first-order chi connectivity index (χ1) is 32.5. The van der Waals surface area contributed by atoms with Crippen molar-refractivity contribution in [1.29, 1.82) is 0 Å². The lowest BCUT2D eigenvalue weighted by Gasteiger charge is -2.30. The van der Waals surface area contributed by atoms with Crippen molar-refractivity contribution in [2.75, 3.05) is 9.80 Å². The van der Waals surface area contributed by atoms with Gasteiger partial charge in [-0.15, -0.1) is 0 Å². The lowest BCUT2D eigenvalue weighted by atomic mass is 9.91. The highest BCUT2D eigenvalue weighted by molar-refractivity contribution is 6.29. The van der Waals surface area contributed by atoms with Gasteiger partial charge in [0.2, 0.25) is 0 Å². The first kappa shape index (κ1) is 40.0. The van der Waals surface area contributed by atoms with E-state index in [4.69, 9.17) is 8.83 Å². The van der Waals surface area contributed by atoms with Crippen LogP contribution in [0.1, 0.15) is 61.8 Å². The van der Waals surface area contributed by atoms with Crippen LogP contribution in [0, 0.1) is 13.8 Å². The fourth-order valence-corrected chi connectivity index (χ4v) is 10.8. The van der Waals surface area contributed by atoms with Crippen LogP contribution >= 0.6 is 0 Å². The molecule has 10 aromatic carbocycles. The standard InChI is InChI=1S/C62H52N2O2/c1-5-7-19-43-21-13-23-45-47-25-15-29-55(61(47)65-59(43)45)63(51-27-11-9-17-39(51)3)53-37-33-41-32-36-50-54(38-34-42-31-35-49(53)57(41)58(42)50)64(52-28-12-10-18-40(52)4)56-30-16-26-48-46-24-14-22-44(20-8-6-2)60(46)66-62(48)56/h9-18,21-38H,5-8,19-20H2,1-4H3. The first-order valence-electron chi connectivity index (χ1n) is 23.8. The maximum atomic E-state index is 7.06. The van der Waals surface area contributed by atoms with E-state index in [9.17, 15) is 0 Å². The van der Waals surface area contributed by atoms with Crippen molar-refractivity contribution in [3.63, 3.8) is 0 Å². The Morgan fingerprint density at radius 1 is 0.333 bits per heavy atom. The number of hydrogen-bond donors (Lipinski definition) is 0. The van der Waals surface area contributed by atoms with E-state index in [1.165, 1.54) is 65.3 Å². The summed E-state index contributed by atoms with van der Waals surface area (Å²) in [6.07, 6.45) is 6.52. The quantitative estimate of drug-likeness (QED) is 0.115. The van der Waals surface area contributed by atoms with E-state index in [0.29, 0.717) is 0 Å². The Kier molecular flexibility index (Phi) is 9.78. The van der Waals surface area contributed by atoms with Gasteiger partial charge in [-0.25, -0.2) is 0 Å². The average molecular weight is 857 g/mol. The molecule has 12 rings (SSSR count). The summed E-state index contributed by atoms with van der Waals surface area (Å²) in [7, 11) is 0. The lowest BCUT2D eigenvalue weighted by Crippen LogP contribution is -2.13. The van der Waals surface area contributed by atoms with Crippen LogP contribution < -0.4 is 9.80 Å². The Labute approximate surface area is 385 Å². The van der Waals surface area contributed by atoms with Crippen molar-refractivity contribution >= 4 is 110 Å². The van der Waals surface area contributed by atoms with Gasteiger partial charge in [0, 0.05) is 43.7 Å². The highest BCUT2D eigenvalue weighted by Gasteiger charge is 2.27. The highest BCUT2D eigenvalue weighted by Crippen LogP contribution is 2.51. The van der Waals surface area contributed by atoms with Crippen LogP contribution in [0.25, 0.3) is 76.2 Å². The molecule has 0 saturated heterocycles. The van der Waals surface area contributed by atoms with Gasteiger partial charge in [0.25, 0.3) is 0 Å². The van der Waals surface area contributed by atoms with Crippen LogP contribution in [-0.2, 0) is 12.8 Å². The zero-order chi connectivity index (χ0) is 44.5. The zero-order valence-corrected chi connectivity index (χ0v) is 38.1. The van der Waals surface area contributed by atoms with E-state index in [-0.39, 0.29) is 0 Å². The summed E-state index contributed by atoms with van der Waals surface area (Å²) in [5.41, 5.74) is 15.2. The van der Waals surface area contributed by atoms with Gasteiger partial charge >= 0.3 is 0 Å². The minimum atomic E-state index is 0.902. The van der Waals surface area contributed by atoms with Crippen molar-refractivity contribution in [2.24, 2.45) is 0 Å².